The molecule has 1 amide bonds. The number of hydrogen-bond acceptors (Lipinski definition) is 3. The Labute approximate surface area is 175 Å². The van der Waals surface area contributed by atoms with Gasteiger partial charge in [-0.05, 0) is 62.4 Å². The van der Waals surface area contributed by atoms with E-state index in [2.05, 4.69) is 48.2 Å². The van der Waals surface area contributed by atoms with Crippen LogP contribution in [0.5, 0.6) is 5.75 Å². The Morgan fingerprint density at radius 2 is 1.83 bits per heavy atom. The topological polar surface area (TPSA) is 32.8 Å². The normalized spacial score (nSPS) is 15.3. The van der Waals surface area contributed by atoms with Crippen LogP contribution >= 0.6 is 0 Å². The summed E-state index contributed by atoms with van der Waals surface area (Å²) >= 11 is 0. The Balaban J connectivity index is 1.42. The molecule has 0 bridgehead atoms. The van der Waals surface area contributed by atoms with Crippen molar-refractivity contribution in [2.45, 2.75) is 39.2 Å². The maximum absolute atomic E-state index is 12.7. The average molecular weight is 395 g/mol. The van der Waals surface area contributed by atoms with Gasteiger partial charge in [-0.3, -0.25) is 4.79 Å². The number of methoxy groups -OCH3 is 1. The van der Waals surface area contributed by atoms with Gasteiger partial charge >= 0.3 is 0 Å². The Morgan fingerprint density at radius 1 is 1.10 bits per heavy atom. The predicted octanol–water partition coefficient (Wildman–Crippen LogP) is 4.31. The average Bonchev–Trinajstić information content (AvgIpc) is 2.75. The molecule has 4 heteroatoms. The van der Waals surface area contributed by atoms with Crippen LogP contribution in [-0.2, 0) is 17.8 Å². The third-order valence-electron chi connectivity index (χ3n) is 6.12. The molecule has 2 aromatic rings. The Kier molecular flexibility index (Phi) is 7.70. The molecule has 156 valence electrons. The van der Waals surface area contributed by atoms with Crippen molar-refractivity contribution in [2.75, 3.05) is 33.8 Å². The van der Waals surface area contributed by atoms with E-state index in [0.29, 0.717) is 13.0 Å². The molecular formula is C25H34N2O2. The van der Waals surface area contributed by atoms with Crippen LogP contribution < -0.4 is 4.74 Å². The Morgan fingerprint density at radius 3 is 2.52 bits per heavy atom. The number of likely N-dealkylation sites (tertiary alicyclic amines) is 1. The number of piperidine rings is 1. The summed E-state index contributed by atoms with van der Waals surface area (Å²) in [6.45, 7) is 5.70. The van der Waals surface area contributed by atoms with E-state index in [1.165, 1.54) is 24.8 Å². The Hall–Kier alpha value is -2.33. The second kappa shape index (κ2) is 10.4. The molecule has 0 N–H and O–H groups in total. The van der Waals surface area contributed by atoms with Gasteiger partial charge in [0.15, 0.2) is 0 Å². The van der Waals surface area contributed by atoms with Crippen molar-refractivity contribution in [3.05, 3.63) is 65.2 Å². The number of hydrogen-bond donors (Lipinski definition) is 0. The van der Waals surface area contributed by atoms with Crippen molar-refractivity contribution >= 4 is 5.91 Å². The predicted molar refractivity (Wildman–Crippen MR) is 118 cm³/mol. The van der Waals surface area contributed by atoms with Crippen molar-refractivity contribution in [1.29, 1.82) is 0 Å². The fraction of sp³-hybridized carbons (Fsp3) is 0.480. The van der Waals surface area contributed by atoms with Crippen molar-refractivity contribution in [3.63, 3.8) is 0 Å². The first kappa shape index (κ1) is 21.4. The van der Waals surface area contributed by atoms with Crippen LogP contribution in [0, 0.1) is 12.8 Å². The van der Waals surface area contributed by atoms with Crippen LogP contribution in [0.3, 0.4) is 0 Å². The van der Waals surface area contributed by atoms with Gasteiger partial charge in [0.1, 0.15) is 5.75 Å². The molecule has 0 saturated carbocycles. The summed E-state index contributed by atoms with van der Waals surface area (Å²) < 4.78 is 5.47. The van der Waals surface area contributed by atoms with Gasteiger partial charge in [-0.15, -0.1) is 0 Å². The lowest BCUT2D eigenvalue weighted by Gasteiger charge is -2.32. The highest BCUT2D eigenvalue weighted by Gasteiger charge is 2.21. The van der Waals surface area contributed by atoms with Crippen molar-refractivity contribution < 1.29 is 9.53 Å². The molecule has 0 spiro atoms. The monoisotopic (exact) mass is 394 g/mol. The molecule has 2 aromatic carbocycles. The minimum absolute atomic E-state index is 0.196. The van der Waals surface area contributed by atoms with Gasteiger partial charge in [0.25, 0.3) is 0 Å². The standard InChI is InChI=1S/C25H34N2O2/c1-20-8-7-11-24(29-3)23(20)19-26(2)25(28)14-17-27-15-12-22(13-16-27)18-21-9-5-4-6-10-21/h4-11,22H,12-19H2,1-3H3. The quantitative estimate of drug-likeness (QED) is 0.669. The van der Waals surface area contributed by atoms with Gasteiger partial charge in [0.05, 0.1) is 7.11 Å². The third kappa shape index (κ3) is 6.07. The molecule has 0 aliphatic carbocycles. The summed E-state index contributed by atoms with van der Waals surface area (Å²) in [5.41, 5.74) is 3.69. The van der Waals surface area contributed by atoms with E-state index >= 15 is 0 Å². The molecule has 0 aromatic heterocycles. The first-order valence-corrected chi connectivity index (χ1v) is 10.7. The van der Waals surface area contributed by atoms with Crippen molar-refractivity contribution in [3.8, 4) is 5.75 Å². The minimum Gasteiger partial charge on any atom is -0.496 e. The number of carbonyl (C=O) groups is 1. The first-order valence-electron chi connectivity index (χ1n) is 10.7. The molecule has 1 saturated heterocycles. The lowest BCUT2D eigenvalue weighted by atomic mass is 9.90. The molecule has 0 radical (unpaired) electrons. The molecule has 29 heavy (non-hydrogen) atoms. The molecule has 1 fully saturated rings. The van der Waals surface area contributed by atoms with Gasteiger partial charge in [-0.2, -0.15) is 0 Å². The highest BCUT2D eigenvalue weighted by molar-refractivity contribution is 5.76. The molecular weight excluding hydrogens is 360 g/mol. The summed E-state index contributed by atoms with van der Waals surface area (Å²) in [7, 11) is 3.57. The summed E-state index contributed by atoms with van der Waals surface area (Å²) in [6, 6.07) is 16.8. The molecule has 1 heterocycles. The number of aryl methyl sites for hydroxylation is 1. The second-order valence-corrected chi connectivity index (χ2v) is 8.23. The highest BCUT2D eigenvalue weighted by Crippen LogP contribution is 2.24. The summed E-state index contributed by atoms with van der Waals surface area (Å²) in [4.78, 5) is 16.9. The largest absolute Gasteiger partial charge is 0.496 e. The summed E-state index contributed by atoms with van der Waals surface area (Å²) in [5, 5.41) is 0. The van der Waals surface area contributed by atoms with Gasteiger partial charge in [-0.25, -0.2) is 0 Å². The molecule has 3 rings (SSSR count). The number of amides is 1. The molecule has 1 aliphatic heterocycles. The van der Waals surface area contributed by atoms with Crippen LogP contribution in [0.1, 0.15) is 36.0 Å². The maximum atomic E-state index is 12.7. The fourth-order valence-electron chi connectivity index (χ4n) is 4.20. The lowest BCUT2D eigenvalue weighted by Crippen LogP contribution is -2.37. The number of ether oxygens (including phenoxy) is 1. The smallest absolute Gasteiger partial charge is 0.223 e. The summed E-state index contributed by atoms with van der Waals surface area (Å²) in [6.07, 6.45) is 4.20. The van der Waals surface area contributed by atoms with Crippen molar-refractivity contribution in [2.24, 2.45) is 5.92 Å². The van der Waals surface area contributed by atoms with Crippen molar-refractivity contribution in [1.82, 2.24) is 9.80 Å². The Bertz CT molecular complexity index is 783. The minimum atomic E-state index is 0.196. The molecule has 0 unspecified atom stereocenters. The van der Waals surface area contributed by atoms with E-state index in [0.717, 1.165) is 42.4 Å². The number of nitrogens with zero attached hydrogens (tertiary/aromatic N) is 2. The SMILES string of the molecule is COc1cccc(C)c1CN(C)C(=O)CCN1CCC(Cc2ccccc2)CC1. The van der Waals surface area contributed by atoms with Crippen LogP contribution in [0.2, 0.25) is 0 Å². The first-order chi connectivity index (χ1) is 14.1. The second-order valence-electron chi connectivity index (χ2n) is 8.23. The van der Waals surface area contributed by atoms with Gasteiger partial charge in [0, 0.05) is 32.1 Å². The molecule has 4 nitrogen and oxygen atoms in total. The highest BCUT2D eigenvalue weighted by atomic mass is 16.5. The third-order valence-corrected chi connectivity index (χ3v) is 6.12. The van der Waals surface area contributed by atoms with Crippen LogP contribution in [-0.4, -0.2) is 49.5 Å². The van der Waals surface area contributed by atoms with E-state index in [1.807, 2.05) is 24.1 Å². The number of rotatable bonds is 8. The number of carbonyl (C=O) groups excluding carboxylic acids is 1. The fourth-order valence-corrected chi connectivity index (χ4v) is 4.20. The zero-order valence-corrected chi connectivity index (χ0v) is 18.1. The van der Waals surface area contributed by atoms with E-state index in [1.54, 1.807) is 7.11 Å². The van der Waals surface area contributed by atoms with Gasteiger partial charge in [0.2, 0.25) is 5.91 Å². The van der Waals surface area contributed by atoms with Gasteiger partial charge in [-0.1, -0.05) is 42.5 Å². The van der Waals surface area contributed by atoms with E-state index in [4.69, 9.17) is 4.74 Å². The van der Waals surface area contributed by atoms with Crippen LogP contribution in [0.4, 0.5) is 0 Å². The summed E-state index contributed by atoms with van der Waals surface area (Å²) in [5.74, 6) is 1.81. The van der Waals surface area contributed by atoms with Crippen LogP contribution in [0.15, 0.2) is 48.5 Å². The lowest BCUT2D eigenvalue weighted by molar-refractivity contribution is -0.130. The van der Waals surface area contributed by atoms with Gasteiger partial charge < -0.3 is 14.5 Å². The van der Waals surface area contributed by atoms with Crippen LogP contribution in [0.25, 0.3) is 0 Å². The number of benzene rings is 2. The molecule has 0 atom stereocenters. The molecule has 1 aliphatic rings. The zero-order chi connectivity index (χ0) is 20.6. The zero-order valence-electron chi connectivity index (χ0n) is 18.1. The van der Waals surface area contributed by atoms with E-state index < -0.39 is 0 Å². The van der Waals surface area contributed by atoms with E-state index in [-0.39, 0.29) is 5.91 Å². The van der Waals surface area contributed by atoms with E-state index in [9.17, 15) is 4.79 Å². The maximum Gasteiger partial charge on any atom is 0.223 e.